The minimum Gasteiger partial charge on any atom is -0.456 e. The lowest BCUT2D eigenvalue weighted by Gasteiger charge is -2.02. The molecule has 0 unspecified atom stereocenters. The number of rotatable bonds is 3. The molecule has 1 heterocycles. The highest BCUT2D eigenvalue weighted by atomic mass is 16.5. The molecule has 0 bridgehead atoms. The predicted molar refractivity (Wildman–Crippen MR) is 73.5 cm³/mol. The monoisotopic (exact) mass is 256 g/mol. The molecule has 2 rings (SSSR count). The number of aryl methyl sites for hydroxylation is 1. The van der Waals surface area contributed by atoms with Gasteiger partial charge >= 0.3 is 5.97 Å². The van der Waals surface area contributed by atoms with Crippen molar-refractivity contribution >= 4 is 17.0 Å². The zero-order valence-electron chi connectivity index (χ0n) is 11.1. The first-order valence-electron chi connectivity index (χ1n) is 6.36. The third kappa shape index (κ3) is 2.94. The first kappa shape index (κ1) is 13.2. The Hall–Kier alpha value is -2.28. The third-order valence-corrected chi connectivity index (χ3v) is 2.76. The van der Waals surface area contributed by atoms with E-state index in [0.717, 1.165) is 23.4 Å². The van der Waals surface area contributed by atoms with Crippen LogP contribution in [0.2, 0.25) is 0 Å². The smallest absolute Gasteiger partial charge is 0.384 e. The Morgan fingerprint density at radius 3 is 2.89 bits per heavy atom. The lowest BCUT2D eigenvalue weighted by atomic mass is 10.3. The number of hydrogen-bond donors (Lipinski definition) is 0. The Labute approximate surface area is 112 Å². The largest absolute Gasteiger partial charge is 0.456 e. The van der Waals surface area contributed by atoms with Gasteiger partial charge in [-0.2, -0.15) is 0 Å². The van der Waals surface area contributed by atoms with Crippen LogP contribution in [0.25, 0.3) is 11.0 Å². The molecule has 4 heteroatoms. The zero-order chi connectivity index (χ0) is 13.7. The molecule has 0 aliphatic rings. The molecule has 1 aromatic carbocycles. The van der Waals surface area contributed by atoms with E-state index in [2.05, 4.69) is 28.3 Å². The summed E-state index contributed by atoms with van der Waals surface area (Å²) in [7, 11) is 0. The minimum atomic E-state index is -0.485. The Morgan fingerprint density at radius 2 is 2.16 bits per heavy atom. The third-order valence-electron chi connectivity index (χ3n) is 2.76. The van der Waals surface area contributed by atoms with E-state index in [1.165, 1.54) is 0 Å². The standard InChI is InChI=1S/C15H16N2O2/c1-3-17-13-9-6-5-8-12(13)16-14(17)10-7-11-15(18)19-4-2/h5-6,8-9H,3-4,10H2,1-2H3. The van der Waals surface area contributed by atoms with Crippen molar-refractivity contribution in [1.82, 2.24) is 9.55 Å². The van der Waals surface area contributed by atoms with Crippen LogP contribution >= 0.6 is 0 Å². The summed E-state index contributed by atoms with van der Waals surface area (Å²) < 4.78 is 6.86. The number of carbonyl (C=O) groups excluding carboxylic acids is 1. The van der Waals surface area contributed by atoms with E-state index in [9.17, 15) is 4.79 Å². The summed E-state index contributed by atoms with van der Waals surface area (Å²) in [6, 6.07) is 7.96. The predicted octanol–water partition coefficient (Wildman–Crippen LogP) is 2.17. The van der Waals surface area contributed by atoms with Gasteiger partial charge in [-0.05, 0) is 26.0 Å². The van der Waals surface area contributed by atoms with Crippen LogP contribution in [-0.4, -0.2) is 22.1 Å². The van der Waals surface area contributed by atoms with Crippen molar-refractivity contribution < 1.29 is 9.53 Å². The van der Waals surface area contributed by atoms with E-state index in [-0.39, 0.29) is 0 Å². The van der Waals surface area contributed by atoms with E-state index < -0.39 is 5.97 Å². The highest BCUT2D eigenvalue weighted by Crippen LogP contribution is 2.15. The number of imidazole rings is 1. The van der Waals surface area contributed by atoms with Gasteiger partial charge in [-0.25, -0.2) is 9.78 Å². The lowest BCUT2D eigenvalue weighted by Crippen LogP contribution is -2.02. The second-order valence-electron chi connectivity index (χ2n) is 3.96. The fourth-order valence-corrected chi connectivity index (χ4v) is 1.98. The average molecular weight is 256 g/mol. The molecule has 0 spiro atoms. The van der Waals surface area contributed by atoms with Crippen LogP contribution in [0.4, 0.5) is 0 Å². The van der Waals surface area contributed by atoms with Crippen LogP contribution in [-0.2, 0) is 22.5 Å². The van der Waals surface area contributed by atoms with E-state index in [1.54, 1.807) is 6.92 Å². The molecule has 98 valence electrons. The Morgan fingerprint density at radius 1 is 1.37 bits per heavy atom. The fraction of sp³-hybridized carbons (Fsp3) is 0.333. The number of hydrogen-bond acceptors (Lipinski definition) is 3. The molecule has 0 amide bonds. The quantitative estimate of drug-likeness (QED) is 0.480. The van der Waals surface area contributed by atoms with Crippen molar-refractivity contribution in [3.8, 4) is 11.8 Å². The van der Waals surface area contributed by atoms with Gasteiger partial charge < -0.3 is 9.30 Å². The number of aromatic nitrogens is 2. The number of carbonyl (C=O) groups is 1. The average Bonchev–Trinajstić information content (AvgIpc) is 2.76. The van der Waals surface area contributed by atoms with Gasteiger partial charge in [0.05, 0.1) is 24.1 Å². The van der Waals surface area contributed by atoms with Gasteiger partial charge in [0.15, 0.2) is 0 Å². The fourth-order valence-electron chi connectivity index (χ4n) is 1.98. The summed E-state index contributed by atoms with van der Waals surface area (Å²) in [5.74, 6) is 5.67. The molecular formula is C15H16N2O2. The summed E-state index contributed by atoms with van der Waals surface area (Å²) in [6.45, 7) is 5.00. The molecule has 0 saturated carbocycles. The Kier molecular flexibility index (Phi) is 4.19. The number of fused-ring (bicyclic) bond motifs is 1. The van der Waals surface area contributed by atoms with Crippen LogP contribution in [0.5, 0.6) is 0 Å². The van der Waals surface area contributed by atoms with Crippen LogP contribution in [0, 0.1) is 11.8 Å². The number of ether oxygens (including phenoxy) is 1. The van der Waals surface area contributed by atoms with E-state index in [4.69, 9.17) is 4.74 Å². The summed E-state index contributed by atoms with van der Waals surface area (Å²) in [4.78, 5) is 15.7. The van der Waals surface area contributed by atoms with E-state index in [1.807, 2.05) is 24.3 Å². The number of benzene rings is 1. The van der Waals surface area contributed by atoms with Crippen molar-refractivity contribution in [3.05, 3.63) is 30.1 Å². The highest BCUT2D eigenvalue weighted by molar-refractivity contribution is 5.88. The Bertz CT molecular complexity index is 647. The van der Waals surface area contributed by atoms with Crippen LogP contribution in [0.15, 0.2) is 24.3 Å². The number of nitrogens with zero attached hydrogens (tertiary/aromatic N) is 2. The van der Waals surface area contributed by atoms with Gasteiger partial charge in [-0.15, -0.1) is 0 Å². The van der Waals surface area contributed by atoms with Gasteiger partial charge in [0.1, 0.15) is 5.82 Å². The van der Waals surface area contributed by atoms with E-state index >= 15 is 0 Å². The van der Waals surface area contributed by atoms with Gasteiger partial charge in [-0.3, -0.25) is 0 Å². The molecule has 0 atom stereocenters. The highest BCUT2D eigenvalue weighted by Gasteiger charge is 2.07. The second kappa shape index (κ2) is 6.05. The molecule has 0 fully saturated rings. The van der Waals surface area contributed by atoms with Crippen molar-refractivity contribution in [2.75, 3.05) is 6.61 Å². The summed E-state index contributed by atoms with van der Waals surface area (Å²) in [5.41, 5.74) is 2.05. The summed E-state index contributed by atoms with van der Waals surface area (Å²) in [6.07, 6.45) is 0.446. The maximum absolute atomic E-state index is 11.1. The summed E-state index contributed by atoms with van der Waals surface area (Å²) in [5, 5.41) is 0. The van der Waals surface area contributed by atoms with Crippen LogP contribution < -0.4 is 0 Å². The number of esters is 1. The lowest BCUT2D eigenvalue weighted by molar-refractivity contribution is -0.136. The van der Waals surface area contributed by atoms with Crippen molar-refractivity contribution in [2.24, 2.45) is 0 Å². The first-order valence-corrected chi connectivity index (χ1v) is 6.36. The number of para-hydroxylation sites is 2. The molecule has 19 heavy (non-hydrogen) atoms. The molecule has 4 nitrogen and oxygen atoms in total. The molecule has 1 aromatic heterocycles. The second-order valence-corrected chi connectivity index (χ2v) is 3.96. The van der Waals surface area contributed by atoms with Crippen molar-refractivity contribution in [1.29, 1.82) is 0 Å². The normalized spacial score (nSPS) is 10.0. The molecular weight excluding hydrogens is 240 g/mol. The van der Waals surface area contributed by atoms with Gasteiger partial charge in [-0.1, -0.05) is 18.1 Å². The van der Waals surface area contributed by atoms with E-state index in [0.29, 0.717) is 13.0 Å². The maximum Gasteiger partial charge on any atom is 0.384 e. The SMILES string of the molecule is CCOC(=O)C#CCc1nc2ccccc2n1CC. The molecule has 2 aromatic rings. The first-order chi connectivity index (χ1) is 9.26. The van der Waals surface area contributed by atoms with Gasteiger partial charge in [0, 0.05) is 12.5 Å². The van der Waals surface area contributed by atoms with Crippen molar-refractivity contribution in [2.45, 2.75) is 26.8 Å². The van der Waals surface area contributed by atoms with Gasteiger partial charge in [0.25, 0.3) is 0 Å². The maximum atomic E-state index is 11.1. The van der Waals surface area contributed by atoms with Gasteiger partial charge in [0.2, 0.25) is 0 Å². The minimum absolute atomic E-state index is 0.348. The molecule has 0 saturated heterocycles. The topological polar surface area (TPSA) is 44.1 Å². The molecule has 0 aliphatic carbocycles. The molecule has 0 aliphatic heterocycles. The molecule has 0 N–H and O–H groups in total. The zero-order valence-corrected chi connectivity index (χ0v) is 11.1. The summed E-state index contributed by atoms with van der Waals surface area (Å²) >= 11 is 0. The van der Waals surface area contributed by atoms with Crippen LogP contribution in [0.1, 0.15) is 19.7 Å². The Balaban J connectivity index is 2.23. The van der Waals surface area contributed by atoms with Crippen molar-refractivity contribution in [3.63, 3.8) is 0 Å². The van der Waals surface area contributed by atoms with Crippen LogP contribution in [0.3, 0.4) is 0 Å². The molecule has 0 radical (unpaired) electrons.